The summed E-state index contributed by atoms with van der Waals surface area (Å²) in [5.41, 5.74) is -0.108. The standard InChI is InChI=1S/C16H15F3O3/c1-21-13-6-2-11(3-7-13)15(20)10-22-14-8-4-12(5-9-14)16(17,18)19/h2-9,15,20H,10H2,1H3. The van der Waals surface area contributed by atoms with Gasteiger partial charge in [-0.15, -0.1) is 0 Å². The zero-order valence-electron chi connectivity index (χ0n) is 11.8. The van der Waals surface area contributed by atoms with E-state index in [1.165, 1.54) is 12.1 Å². The lowest BCUT2D eigenvalue weighted by atomic mass is 10.1. The largest absolute Gasteiger partial charge is 0.497 e. The van der Waals surface area contributed by atoms with Crippen molar-refractivity contribution in [3.05, 3.63) is 59.7 Å². The Bertz CT molecular complexity index is 592. The lowest BCUT2D eigenvalue weighted by Crippen LogP contribution is -2.10. The second kappa shape index (κ2) is 6.70. The quantitative estimate of drug-likeness (QED) is 0.912. The van der Waals surface area contributed by atoms with Gasteiger partial charge in [-0.25, -0.2) is 0 Å². The summed E-state index contributed by atoms with van der Waals surface area (Å²) in [7, 11) is 1.54. The Balaban J connectivity index is 1.94. The second-order valence-electron chi connectivity index (χ2n) is 4.62. The van der Waals surface area contributed by atoms with Gasteiger partial charge in [0.1, 0.15) is 24.2 Å². The molecule has 118 valence electrons. The van der Waals surface area contributed by atoms with Gasteiger partial charge in [0, 0.05) is 0 Å². The summed E-state index contributed by atoms with van der Waals surface area (Å²) in [6.45, 7) is -0.0578. The molecular weight excluding hydrogens is 297 g/mol. The van der Waals surface area contributed by atoms with E-state index in [2.05, 4.69) is 0 Å². The third-order valence-corrected chi connectivity index (χ3v) is 3.09. The minimum absolute atomic E-state index is 0.0578. The van der Waals surface area contributed by atoms with Crippen LogP contribution in [0, 0.1) is 0 Å². The van der Waals surface area contributed by atoms with Gasteiger partial charge in [-0.05, 0) is 42.0 Å². The summed E-state index contributed by atoms with van der Waals surface area (Å²) in [6, 6.07) is 11.1. The van der Waals surface area contributed by atoms with Crippen molar-refractivity contribution in [2.75, 3.05) is 13.7 Å². The normalized spacial score (nSPS) is 12.8. The highest BCUT2D eigenvalue weighted by atomic mass is 19.4. The van der Waals surface area contributed by atoms with E-state index < -0.39 is 17.8 Å². The number of aliphatic hydroxyl groups is 1. The zero-order chi connectivity index (χ0) is 16.2. The molecule has 0 radical (unpaired) electrons. The summed E-state index contributed by atoms with van der Waals surface area (Å²) < 4.78 is 47.6. The van der Waals surface area contributed by atoms with E-state index in [1.807, 2.05) is 0 Å². The Morgan fingerprint density at radius 2 is 1.50 bits per heavy atom. The molecule has 0 aliphatic carbocycles. The first-order valence-electron chi connectivity index (χ1n) is 6.52. The highest BCUT2D eigenvalue weighted by Gasteiger charge is 2.30. The van der Waals surface area contributed by atoms with Gasteiger partial charge >= 0.3 is 6.18 Å². The fraction of sp³-hybridized carbons (Fsp3) is 0.250. The second-order valence-corrected chi connectivity index (χ2v) is 4.62. The molecule has 3 nitrogen and oxygen atoms in total. The van der Waals surface area contributed by atoms with Crippen molar-refractivity contribution in [2.45, 2.75) is 12.3 Å². The van der Waals surface area contributed by atoms with Crippen molar-refractivity contribution < 1.29 is 27.8 Å². The topological polar surface area (TPSA) is 38.7 Å². The molecule has 6 heteroatoms. The Kier molecular flexibility index (Phi) is 4.92. The number of halogens is 3. The van der Waals surface area contributed by atoms with E-state index >= 15 is 0 Å². The number of alkyl halides is 3. The van der Waals surface area contributed by atoms with Crippen LogP contribution in [0.5, 0.6) is 11.5 Å². The minimum atomic E-state index is -4.37. The molecule has 0 aliphatic rings. The van der Waals surface area contributed by atoms with E-state index in [4.69, 9.17) is 9.47 Å². The minimum Gasteiger partial charge on any atom is -0.497 e. The lowest BCUT2D eigenvalue weighted by molar-refractivity contribution is -0.137. The maximum Gasteiger partial charge on any atom is 0.416 e. The third kappa shape index (κ3) is 4.14. The van der Waals surface area contributed by atoms with Gasteiger partial charge < -0.3 is 14.6 Å². The van der Waals surface area contributed by atoms with Crippen LogP contribution in [0.3, 0.4) is 0 Å². The van der Waals surface area contributed by atoms with Crippen molar-refractivity contribution in [1.82, 2.24) is 0 Å². The maximum atomic E-state index is 12.4. The zero-order valence-corrected chi connectivity index (χ0v) is 11.8. The Labute approximate surface area is 125 Å². The molecule has 2 rings (SSSR count). The molecule has 1 N–H and O–H groups in total. The van der Waals surface area contributed by atoms with Crippen molar-refractivity contribution in [1.29, 1.82) is 0 Å². The molecule has 1 atom stereocenters. The summed E-state index contributed by atoms with van der Waals surface area (Å²) in [4.78, 5) is 0. The number of methoxy groups -OCH3 is 1. The van der Waals surface area contributed by atoms with Crippen LogP contribution >= 0.6 is 0 Å². The van der Waals surface area contributed by atoms with E-state index in [9.17, 15) is 18.3 Å². The van der Waals surface area contributed by atoms with Gasteiger partial charge in [-0.3, -0.25) is 0 Å². The average molecular weight is 312 g/mol. The summed E-state index contributed by atoms with van der Waals surface area (Å²) in [5.74, 6) is 0.931. The van der Waals surface area contributed by atoms with Gasteiger partial charge in [-0.1, -0.05) is 12.1 Å². The van der Waals surface area contributed by atoms with Gasteiger partial charge in [0.25, 0.3) is 0 Å². The first-order chi connectivity index (χ1) is 10.4. The molecule has 0 amide bonds. The first-order valence-corrected chi connectivity index (χ1v) is 6.52. The van der Waals surface area contributed by atoms with Crippen LogP contribution in [-0.4, -0.2) is 18.8 Å². The van der Waals surface area contributed by atoms with Crippen LogP contribution in [0.15, 0.2) is 48.5 Å². The fourth-order valence-corrected chi connectivity index (χ4v) is 1.84. The number of aliphatic hydroxyl groups excluding tert-OH is 1. The van der Waals surface area contributed by atoms with Gasteiger partial charge in [0.15, 0.2) is 0 Å². The van der Waals surface area contributed by atoms with Gasteiger partial charge in [0.05, 0.1) is 12.7 Å². The molecule has 0 bridgehead atoms. The predicted molar refractivity (Wildman–Crippen MR) is 74.9 cm³/mol. The highest BCUT2D eigenvalue weighted by Crippen LogP contribution is 2.30. The molecule has 22 heavy (non-hydrogen) atoms. The van der Waals surface area contributed by atoms with E-state index in [-0.39, 0.29) is 12.4 Å². The molecule has 1 unspecified atom stereocenters. The number of rotatable bonds is 5. The number of ether oxygens (including phenoxy) is 2. The third-order valence-electron chi connectivity index (χ3n) is 3.09. The summed E-state index contributed by atoms with van der Waals surface area (Å²) >= 11 is 0. The number of hydrogen-bond donors (Lipinski definition) is 1. The molecule has 2 aromatic rings. The Morgan fingerprint density at radius 3 is 2.00 bits per heavy atom. The van der Waals surface area contributed by atoms with Crippen LogP contribution in [0.2, 0.25) is 0 Å². The monoisotopic (exact) mass is 312 g/mol. The van der Waals surface area contributed by atoms with Crippen molar-refractivity contribution in [2.24, 2.45) is 0 Å². The highest BCUT2D eigenvalue weighted by molar-refractivity contribution is 5.30. The lowest BCUT2D eigenvalue weighted by Gasteiger charge is -2.14. The van der Waals surface area contributed by atoms with Crippen LogP contribution < -0.4 is 9.47 Å². The molecule has 0 heterocycles. The van der Waals surface area contributed by atoms with E-state index in [1.54, 1.807) is 31.4 Å². The molecular formula is C16H15F3O3. The molecule has 0 saturated heterocycles. The van der Waals surface area contributed by atoms with Crippen molar-refractivity contribution in [3.63, 3.8) is 0 Å². The van der Waals surface area contributed by atoms with E-state index in [0.717, 1.165) is 12.1 Å². The molecule has 0 aromatic heterocycles. The van der Waals surface area contributed by atoms with Gasteiger partial charge in [-0.2, -0.15) is 13.2 Å². The smallest absolute Gasteiger partial charge is 0.416 e. The first kappa shape index (κ1) is 16.2. The summed E-state index contributed by atoms with van der Waals surface area (Å²) in [5, 5.41) is 9.98. The maximum absolute atomic E-state index is 12.4. The van der Waals surface area contributed by atoms with Crippen LogP contribution in [-0.2, 0) is 6.18 Å². The SMILES string of the molecule is COc1ccc(C(O)COc2ccc(C(F)(F)F)cc2)cc1. The number of hydrogen-bond acceptors (Lipinski definition) is 3. The fourth-order valence-electron chi connectivity index (χ4n) is 1.84. The van der Waals surface area contributed by atoms with Gasteiger partial charge in [0.2, 0.25) is 0 Å². The van der Waals surface area contributed by atoms with Crippen LogP contribution in [0.25, 0.3) is 0 Å². The molecule has 0 fully saturated rings. The molecule has 2 aromatic carbocycles. The van der Waals surface area contributed by atoms with Crippen molar-refractivity contribution in [3.8, 4) is 11.5 Å². The van der Waals surface area contributed by atoms with Crippen LogP contribution in [0.4, 0.5) is 13.2 Å². The predicted octanol–water partition coefficient (Wildman–Crippen LogP) is 3.83. The van der Waals surface area contributed by atoms with E-state index in [0.29, 0.717) is 11.3 Å². The summed E-state index contributed by atoms with van der Waals surface area (Å²) in [6.07, 6.45) is -5.26. The molecule has 0 spiro atoms. The Morgan fingerprint density at radius 1 is 0.955 bits per heavy atom. The van der Waals surface area contributed by atoms with Crippen molar-refractivity contribution >= 4 is 0 Å². The number of benzene rings is 2. The molecule has 0 aliphatic heterocycles. The Hall–Kier alpha value is -2.21. The van der Waals surface area contributed by atoms with Crippen LogP contribution in [0.1, 0.15) is 17.2 Å². The average Bonchev–Trinajstić information content (AvgIpc) is 2.52. The molecule has 0 saturated carbocycles.